The standard InChI is InChI=1S/C27H26N2O3/c1-6-29-25-11-8-20(18(4)28-32-19(5)30)14-23(25)24-15-21(9-12-26(24)29)27(31)22-10-7-16(2)13-17(22)3/h7-15H,6H2,1-5H3/b28-18-. The van der Waals surface area contributed by atoms with Crippen LogP contribution in [0.3, 0.4) is 0 Å². The molecule has 0 aliphatic carbocycles. The maximum Gasteiger partial charge on any atom is 0.331 e. The van der Waals surface area contributed by atoms with E-state index in [-0.39, 0.29) is 5.78 Å². The zero-order valence-electron chi connectivity index (χ0n) is 19.0. The molecule has 4 rings (SSSR count). The molecule has 162 valence electrons. The second kappa shape index (κ2) is 8.42. The Morgan fingerprint density at radius 3 is 2.09 bits per heavy atom. The lowest BCUT2D eigenvalue weighted by Gasteiger charge is -2.07. The molecule has 4 aromatic rings. The Hall–Kier alpha value is -3.73. The Morgan fingerprint density at radius 1 is 0.875 bits per heavy atom. The number of benzene rings is 3. The van der Waals surface area contributed by atoms with Gasteiger partial charge in [-0.3, -0.25) is 4.79 Å². The van der Waals surface area contributed by atoms with Gasteiger partial charge in [-0.2, -0.15) is 0 Å². The first-order valence-electron chi connectivity index (χ1n) is 10.7. The van der Waals surface area contributed by atoms with Gasteiger partial charge in [-0.1, -0.05) is 35.0 Å². The fourth-order valence-electron chi connectivity index (χ4n) is 4.22. The number of carbonyl (C=O) groups excluding carboxylic acids is 2. The van der Waals surface area contributed by atoms with Gasteiger partial charge in [0.2, 0.25) is 0 Å². The number of hydrogen-bond acceptors (Lipinski definition) is 4. The van der Waals surface area contributed by atoms with Gasteiger partial charge in [-0.25, -0.2) is 4.79 Å². The average Bonchev–Trinajstić information content (AvgIpc) is 3.09. The average molecular weight is 427 g/mol. The number of aryl methyl sites for hydroxylation is 3. The molecule has 0 saturated heterocycles. The van der Waals surface area contributed by atoms with Crippen LogP contribution in [0.1, 0.15) is 53.4 Å². The van der Waals surface area contributed by atoms with Crippen molar-refractivity contribution in [1.29, 1.82) is 0 Å². The molecular formula is C27H26N2O3. The van der Waals surface area contributed by atoms with E-state index in [1.807, 2.05) is 68.4 Å². The predicted molar refractivity (Wildman–Crippen MR) is 128 cm³/mol. The minimum Gasteiger partial charge on any atom is -0.341 e. The second-order valence-electron chi connectivity index (χ2n) is 8.12. The van der Waals surface area contributed by atoms with Gasteiger partial charge in [0, 0.05) is 46.4 Å². The molecule has 0 aliphatic heterocycles. The number of oxime groups is 1. The van der Waals surface area contributed by atoms with Gasteiger partial charge in [0.15, 0.2) is 5.78 Å². The van der Waals surface area contributed by atoms with Crippen LogP contribution in [-0.4, -0.2) is 22.0 Å². The van der Waals surface area contributed by atoms with Crippen molar-refractivity contribution in [3.63, 3.8) is 0 Å². The third-order valence-electron chi connectivity index (χ3n) is 5.80. The van der Waals surface area contributed by atoms with E-state index < -0.39 is 5.97 Å². The molecule has 5 heteroatoms. The Morgan fingerprint density at radius 2 is 1.50 bits per heavy atom. The first-order valence-corrected chi connectivity index (χ1v) is 10.7. The number of fused-ring (bicyclic) bond motifs is 3. The van der Waals surface area contributed by atoms with E-state index in [4.69, 9.17) is 4.84 Å². The summed E-state index contributed by atoms with van der Waals surface area (Å²) >= 11 is 0. The van der Waals surface area contributed by atoms with Crippen LogP contribution in [0, 0.1) is 13.8 Å². The molecule has 0 bridgehead atoms. The van der Waals surface area contributed by atoms with Crippen molar-refractivity contribution in [2.24, 2.45) is 5.16 Å². The van der Waals surface area contributed by atoms with E-state index in [1.54, 1.807) is 6.92 Å². The summed E-state index contributed by atoms with van der Waals surface area (Å²) in [7, 11) is 0. The van der Waals surface area contributed by atoms with Gasteiger partial charge in [-0.15, -0.1) is 0 Å². The lowest BCUT2D eigenvalue weighted by Crippen LogP contribution is -2.04. The molecule has 3 aromatic carbocycles. The van der Waals surface area contributed by atoms with Gasteiger partial charge in [0.05, 0.1) is 5.71 Å². The second-order valence-corrected chi connectivity index (χ2v) is 8.12. The fourth-order valence-corrected chi connectivity index (χ4v) is 4.22. The molecule has 32 heavy (non-hydrogen) atoms. The van der Waals surface area contributed by atoms with Crippen molar-refractivity contribution in [2.75, 3.05) is 0 Å². The molecule has 0 radical (unpaired) electrons. The van der Waals surface area contributed by atoms with E-state index >= 15 is 0 Å². The predicted octanol–water partition coefficient (Wildman–Crippen LogP) is 5.95. The van der Waals surface area contributed by atoms with Crippen molar-refractivity contribution in [3.8, 4) is 0 Å². The van der Waals surface area contributed by atoms with Gasteiger partial charge in [0.1, 0.15) is 0 Å². The van der Waals surface area contributed by atoms with Gasteiger partial charge < -0.3 is 9.40 Å². The van der Waals surface area contributed by atoms with Crippen molar-refractivity contribution in [3.05, 3.63) is 82.4 Å². The molecule has 0 N–H and O–H groups in total. The summed E-state index contributed by atoms with van der Waals surface area (Å²) in [6, 6.07) is 17.9. The van der Waals surface area contributed by atoms with Gasteiger partial charge >= 0.3 is 5.97 Å². The van der Waals surface area contributed by atoms with Crippen LogP contribution in [-0.2, 0) is 16.2 Å². The number of carbonyl (C=O) groups is 2. The van der Waals surface area contributed by atoms with Crippen molar-refractivity contribution >= 4 is 39.3 Å². The molecule has 0 spiro atoms. The third kappa shape index (κ3) is 3.82. The molecule has 0 saturated carbocycles. The molecule has 0 fully saturated rings. The van der Waals surface area contributed by atoms with E-state index in [1.165, 1.54) is 6.92 Å². The normalized spacial score (nSPS) is 11.8. The number of ketones is 1. The highest BCUT2D eigenvalue weighted by Gasteiger charge is 2.16. The van der Waals surface area contributed by atoms with E-state index in [2.05, 4.69) is 16.6 Å². The van der Waals surface area contributed by atoms with Crippen molar-refractivity contribution < 1.29 is 14.4 Å². The summed E-state index contributed by atoms with van der Waals surface area (Å²) in [5.74, 6) is -0.437. The molecule has 1 heterocycles. The van der Waals surface area contributed by atoms with Crippen LogP contribution < -0.4 is 0 Å². The molecule has 1 aromatic heterocycles. The zero-order valence-corrected chi connectivity index (χ0v) is 19.0. The quantitative estimate of drug-likeness (QED) is 0.171. The highest BCUT2D eigenvalue weighted by molar-refractivity contribution is 6.16. The highest BCUT2D eigenvalue weighted by atomic mass is 16.7. The number of aromatic nitrogens is 1. The summed E-state index contributed by atoms with van der Waals surface area (Å²) < 4.78 is 2.23. The highest BCUT2D eigenvalue weighted by Crippen LogP contribution is 2.31. The smallest absolute Gasteiger partial charge is 0.331 e. The maximum absolute atomic E-state index is 13.3. The Kier molecular flexibility index (Phi) is 5.66. The SMILES string of the molecule is CCn1c2ccc(C(=O)c3ccc(C)cc3C)cc2c2cc(/C(C)=N\OC(C)=O)ccc21. The van der Waals surface area contributed by atoms with Crippen LogP contribution in [0.25, 0.3) is 21.8 Å². The summed E-state index contributed by atoms with van der Waals surface area (Å²) in [6.07, 6.45) is 0. The monoisotopic (exact) mass is 426 g/mol. The largest absolute Gasteiger partial charge is 0.341 e. The molecule has 0 amide bonds. The maximum atomic E-state index is 13.3. The Labute approximate surface area is 187 Å². The molecule has 5 nitrogen and oxygen atoms in total. The van der Waals surface area contributed by atoms with Crippen LogP contribution in [0.5, 0.6) is 0 Å². The summed E-state index contributed by atoms with van der Waals surface area (Å²) in [5.41, 5.74) is 7.13. The lowest BCUT2D eigenvalue weighted by molar-refractivity contribution is -0.140. The Bertz CT molecular complexity index is 1410. The van der Waals surface area contributed by atoms with Crippen LogP contribution in [0.4, 0.5) is 0 Å². The van der Waals surface area contributed by atoms with E-state index in [0.29, 0.717) is 11.3 Å². The first-order chi connectivity index (χ1) is 15.3. The number of hydrogen-bond donors (Lipinski definition) is 0. The van der Waals surface area contributed by atoms with E-state index in [9.17, 15) is 9.59 Å². The Balaban J connectivity index is 1.87. The first kappa shape index (κ1) is 21.5. The number of nitrogens with zero attached hydrogens (tertiary/aromatic N) is 2. The van der Waals surface area contributed by atoms with Crippen molar-refractivity contribution in [1.82, 2.24) is 4.57 Å². The lowest BCUT2D eigenvalue weighted by atomic mass is 9.96. The van der Waals surface area contributed by atoms with Gasteiger partial charge in [-0.05, 0) is 69.2 Å². The molecular weight excluding hydrogens is 400 g/mol. The third-order valence-corrected chi connectivity index (χ3v) is 5.80. The van der Waals surface area contributed by atoms with Crippen LogP contribution in [0.2, 0.25) is 0 Å². The topological polar surface area (TPSA) is 60.7 Å². The molecule has 0 atom stereocenters. The molecule has 0 aliphatic rings. The summed E-state index contributed by atoms with van der Waals surface area (Å²) in [5, 5.41) is 5.96. The fraction of sp³-hybridized carbons (Fsp3) is 0.222. The minimum atomic E-state index is -0.456. The van der Waals surface area contributed by atoms with E-state index in [0.717, 1.165) is 50.6 Å². The van der Waals surface area contributed by atoms with Crippen LogP contribution in [0.15, 0.2) is 59.8 Å². The van der Waals surface area contributed by atoms with Crippen LogP contribution >= 0.6 is 0 Å². The summed E-state index contributed by atoms with van der Waals surface area (Å²) in [4.78, 5) is 29.2. The van der Waals surface area contributed by atoms with Crippen molar-refractivity contribution in [2.45, 2.75) is 41.2 Å². The van der Waals surface area contributed by atoms with Gasteiger partial charge in [0.25, 0.3) is 0 Å². The summed E-state index contributed by atoms with van der Waals surface area (Å²) in [6.45, 7) is 10.0. The number of rotatable bonds is 5. The minimum absolute atomic E-state index is 0.0190. The zero-order chi connectivity index (χ0) is 23.0. The molecule has 0 unspecified atom stereocenters.